The normalized spacial score (nSPS) is 19.6. The van der Waals surface area contributed by atoms with Crippen LogP contribution in [0.3, 0.4) is 0 Å². The molecular weight excluding hydrogens is 320 g/mol. The Morgan fingerprint density at radius 1 is 1.24 bits per heavy atom. The van der Waals surface area contributed by atoms with Crippen LogP contribution in [-0.2, 0) is 24.7 Å². The lowest BCUT2D eigenvalue weighted by Crippen LogP contribution is -2.41. The molecule has 2 rings (SSSR count). The Kier molecular flexibility index (Phi) is 5.88. The van der Waals surface area contributed by atoms with Crippen molar-refractivity contribution in [3.05, 3.63) is 41.2 Å². The molecule has 5 heteroatoms. The maximum atomic E-state index is 12.2. The van der Waals surface area contributed by atoms with Gasteiger partial charge in [-0.25, -0.2) is 0 Å². The molecule has 1 aliphatic rings. The van der Waals surface area contributed by atoms with E-state index >= 15 is 0 Å². The van der Waals surface area contributed by atoms with Crippen LogP contribution in [0.15, 0.2) is 35.6 Å². The van der Waals surface area contributed by atoms with E-state index < -0.39 is 5.60 Å². The zero-order chi connectivity index (χ0) is 18.6. The maximum Gasteiger partial charge on any atom is 0.303 e. The number of hydrogen-bond acceptors (Lipinski definition) is 5. The number of carbonyl (C=O) groups excluding carboxylic acids is 2. The summed E-state index contributed by atoms with van der Waals surface area (Å²) in [6.45, 7) is 9.54. The molecule has 0 aromatic heterocycles. The molecule has 0 aliphatic carbocycles. The van der Waals surface area contributed by atoms with Crippen molar-refractivity contribution in [3.63, 3.8) is 0 Å². The zero-order valence-electron chi connectivity index (χ0n) is 15.5. The quantitative estimate of drug-likeness (QED) is 0.734. The molecule has 5 nitrogen and oxygen atoms in total. The summed E-state index contributed by atoms with van der Waals surface area (Å²) in [6, 6.07) is 7.47. The summed E-state index contributed by atoms with van der Waals surface area (Å²) in [4.78, 5) is 24.0. The van der Waals surface area contributed by atoms with Crippen molar-refractivity contribution in [1.29, 1.82) is 0 Å². The standard InChI is InChI=1S/C20H26O5/c1-6-23-17-9-7-16(8-10-17)20(5,25-15(4)22)18-11-12-24-14(3)19(18)13(2)21/h7-10,18H,6,11-12H2,1-5H3. The van der Waals surface area contributed by atoms with Crippen LogP contribution in [0.5, 0.6) is 5.75 Å². The highest BCUT2D eigenvalue weighted by molar-refractivity contribution is 5.94. The lowest BCUT2D eigenvalue weighted by atomic mass is 9.74. The summed E-state index contributed by atoms with van der Waals surface area (Å²) in [6.07, 6.45) is 0.600. The Morgan fingerprint density at radius 2 is 1.88 bits per heavy atom. The Bertz CT molecular complexity index is 674. The van der Waals surface area contributed by atoms with Gasteiger partial charge < -0.3 is 14.2 Å². The van der Waals surface area contributed by atoms with Crippen molar-refractivity contribution >= 4 is 11.8 Å². The van der Waals surface area contributed by atoms with Crippen molar-refractivity contribution in [3.8, 4) is 5.75 Å². The van der Waals surface area contributed by atoms with Gasteiger partial charge in [0.2, 0.25) is 0 Å². The van der Waals surface area contributed by atoms with Crippen molar-refractivity contribution in [1.82, 2.24) is 0 Å². The second-order valence-electron chi connectivity index (χ2n) is 6.37. The van der Waals surface area contributed by atoms with Crippen LogP contribution in [0.2, 0.25) is 0 Å². The third-order valence-electron chi connectivity index (χ3n) is 4.59. The van der Waals surface area contributed by atoms with Gasteiger partial charge in [-0.2, -0.15) is 0 Å². The molecule has 0 bridgehead atoms. The monoisotopic (exact) mass is 346 g/mol. The predicted molar refractivity (Wildman–Crippen MR) is 94.2 cm³/mol. The van der Waals surface area contributed by atoms with Gasteiger partial charge in [0.1, 0.15) is 17.1 Å². The first-order chi connectivity index (χ1) is 11.8. The number of ketones is 1. The molecule has 1 aromatic rings. The molecule has 2 atom stereocenters. The van der Waals surface area contributed by atoms with E-state index in [9.17, 15) is 9.59 Å². The molecule has 0 saturated carbocycles. The van der Waals surface area contributed by atoms with Gasteiger partial charge in [-0.05, 0) is 51.8 Å². The third kappa shape index (κ3) is 4.03. The number of benzene rings is 1. The van der Waals surface area contributed by atoms with Gasteiger partial charge in [-0.1, -0.05) is 12.1 Å². The van der Waals surface area contributed by atoms with Crippen molar-refractivity contribution in [2.24, 2.45) is 5.92 Å². The molecular formula is C20H26O5. The molecule has 0 radical (unpaired) electrons. The number of Topliss-reactive ketones (excluding diaryl/α,β-unsaturated/α-hetero) is 1. The Balaban J connectivity index is 2.51. The van der Waals surface area contributed by atoms with Crippen LogP contribution in [0.1, 0.15) is 46.6 Å². The van der Waals surface area contributed by atoms with Crippen molar-refractivity contribution in [2.75, 3.05) is 13.2 Å². The second kappa shape index (κ2) is 7.72. The van der Waals surface area contributed by atoms with E-state index in [-0.39, 0.29) is 17.7 Å². The summed E-state index contributed by atoms with van der Waals surface area (Å²) in [7, 11) is 0. The first-order valence-corrected chi connectivity index (χ1v) is 8.57. The average molecular weight is 346 g/mol. The number of carbonyl (C=O) groups is 2. The van der Waals surface area contributed by atoms with Gasteiger partial charge in [0.05, 0.1) is 13.2 Å². The minimum Gasteiger partial charge on any atom is -0.498 e. The van der Waals surface area contributed by atoms with Gasteiger partial charge in [0.25, 0.3) is 0 Å². The molecule has 0 fully saturated rings. The van der Waals surface area contributed by atoms with Crippen molar-refractivity contribution in [2.45, 2.75) is 46.6 Å². The molecule has 25 heavy (non-hydrogen) atoms. The fourth-order valence-corrected chi connectivity index (χ4v) is 3.52. The number of ether oxygens (including phenoxy) is 3. The second-order valence-corrected chi connectivity index (χ2v) is 6.37. The molecule has 2 unspecified atom stereocenters. The summed E-state index contributed by atoms with van der Waals surface area (Å²) in [5.41, 5.74) is 0.455. The van der Waals surface area contributed by atoms with E-state index in [0.29, 0.717) is 31.0 Å². The first-order valence-electron chi connectivity index (χ1n) is 8.57. The smallest absolute Gasteiger partial charge is 0.303 e. The number of rotatable bonds is 6. The number of hydrogen-bond donors (Lipinski definition) is 0. The van der Waals surface area contributed by atoms with Crippen LogP contribution < -0.4 is 4.74 Å². The molecule has 136 valence electrons. The summed E-state index contributed by atoms with van der Waals surface area (Å²) in [5.74, 6) is 0.644. The van der Waals surface area contributed by atoms with E-state index in [1.165, 1.54) is 13.8 Å². The third-order valence-corrected chi connectivity index (χ3v) is 4.59. The van der Waals surface area contributed by atoms with Gasteiger partial charge in [0, 0.05) is 18.4 Å². The fraction of sp³-hybridized carbons (Fsp3) is 0.500. The molecule has 0 N–H and O–H groups in total. The van der Waals surface area contributed by atoms with Crippen LogP contribution >= 0.6 is 0 Å². The highest BCUT2D eigenvalue weighted by Crippen LogP contribution is 2.43. The highest BCUT2D eigenvalue weighted by atomic mass is 16.6. The molecule has 1 heterocycles. The minimum atomic E-state index is -0.956. The van der Waals surface area contributed by atoms with Gasteiger partial charge in [-0.15, -0.1) is 0 Å². The summed E-state index contributed by atoms with van der Waals surface area (Å²) >= 11 is 0. The lowest BCUT2D eigenvalue weighted by molar-refractivity contribution is -0.163. The topological polar surface area (TPSA) is 61.8 Å². The van der Waals surface area contributed by atoms with Crippen LogP contribution in [0, 0.1) is 5.92 Å². The summed E-state index contributed by atoms with van der Waals surface area (Å²) < 4.78 is 16.8. The maximum absolute atomic E-state index is 12.2. The van der Waals surface area contributed by atoms with E-state index in [1.54, 1.807) is 6.92 Å². The molecule has 1 aromatic carbocycles. The predicted octanol–water partition coefficient (Wildman–Crippen LogP) is 3.76. The van der Waals surface area contributed by atoms with Gasteiger partial charge in [-0.3, -0.25) is 9.59 Å². The van der Waals surface area contributed by atoms with Crippen LogP contribution in [0.4, 0.5) is 0 Å². The highest BCUT2D eigenvalue weighted by Gasteiger charge is 2.44. The van der Waals surface area contributed by atoms with Gasteiger partial charge in [0.15, 0.2) is 5.78 Å². The van der Waals surface area contributed by atoms with E-state index in [1.807, 2.05) is 38.1 Å². The minimum absolute atomic E-state index is 0.0634. The molecule has 0 amide bonds. The average Bonchev–Trinajstić information content (AvgIpc) is 2.54. The van der Waals surface area contributed by atoms with E-state index in [2.05, 4.69) is 0 Å². The van der Waals surface area contributed by atoms with Crippen LogP contribution in [0.25, 0.3) is 0 Å². The van der Waals surface area contributed by atoms with Crippen LogP contribution in [-0.4, -0.2) is 25.0 Å². The van der Waals surface area contributed by atoms with E-state index in [0.717, 1.165) is 11.3 Å². The SMILES string of the molecule is CCOc1ccc(C(C)(OC(C)=O)C2CCOC(C)=C2C(C)=O)cc1. The van der Waals surface area contributed by atoms with E-state index in [4.69, 9.17) is 14.2 Å². The summed E-state index contributed by atoms with van der Waals surface area (Å²) in [5, 5.41) is 0. The molecule has 0 saturated heterocycles. The molecule has 0 spiro atoms. The Labute approximate surface area is 149 Å². The number of allylic oxidation sites excluding steroid dienone is 1. The molecule has 1 aliphatic heterocycles. The lowest BCUT2D eigenvalue weighted by Gasteiger charge is -2.40. The number of esters is 1. The Hall–Kier alpha value is -2.30. The van der Waals surface area contributed by atoms with Gasteiger partial charge >= 0.3 is 5.97 Å². The first kappa shape index (κ1) is 19.0. The Morgan fingerprint density at radius 3 is 2.40 bits per heavy atom. The zero-order valence-corrected chi connectivity index (χ0v) is 15.5. The fourth-order valence-electron chi connectivity index (χ4n) is 3.52. The largest absolute Gasteiger partial charge is 0.498 e. The van der Waals surface area contributed by atoms with Crippen molar-refractivity contribution < 1.29 is 23.8 Å².